The summed E-state index contributed by atoms with van der Waals surface area (Å²) in [4.78, 5) is 0. The molecule has 0 spiro atoms. The van der Waals surface area contributed by atoms with Crippen LogP contribution in [0.4, 0.5) is 4.39 Å². The van der Waals surface area contributed by atoms with E-state index in [0.717, 1.165) is 25.7 Å². The van der Waals surface area contributed by atoms with Crippen LogP contribution in [0.25, 0.3) is 0 Å². The normalized spacial score (nSPS) is 53.4. The Kier molecular flexibility index (Phi) is 1.44. The first-order chi connectivity index (χ1) is 4.77. The summed E-state index contributed by atoms with van der Waals surface area (Å²) in [6.07, 6.45) is 3.51. The van der Waals surface area contributed by atoms with Gasteiger partial charge < -0.3 is 5.73 Å². The first-order valence-electron chi connectivity index (χ1n) is 4.17. The zero-order chi connectivity index (χ0) is 7.14. The number of rotatable bonds is 0. The van der Waals surface area contributed by atoms with E-state index in [1.165, 1.54) is 0 Å². The second kappa shape index (κ2) is 2.19. The molecule has 0 radical (unpaired) electrons. The molecule has 0 heterocycles. The summed E-state index contributed by atoms with van der Waals surface area (Å²) in [7, 11) is 0. The van der Waals surface area contributed by atoms with Crippen molar-refractivity contribution < 1.29 is 4.39 Å². The Morgan fingerprint density at radius 2 is 1.60 bits per heavy atom. The van der Waals surface area contributed by atoms with Gasteiger partial charge in [0.2, 0.25) is 0 Å². The third kappa shape index (κ3) is 0.858. The van der Waals surface area contributed by atoms with E-state index >= 15 is 0 Å². The molecular weight excluding hydrogens is 129 g/mol. The molecule has 0 aromatic rings. The summed E-state index contributed by atoms with van der Waals surface area (Å²) < 4.78 is 13.2. The number of alkyl halides is 1. The van der Waals surface area contributed by atoms with Crippen molar-refractivity contribution in [1.82, 2.24) is 0 Å². The Hall–Kier alpha value is -0.110. The molecule has 10 heavy (non-hydrogen) atoms. The zero-order valence-electron chi connectivity index (χ0n) is 6.09. The molecule has 2 unspecified atom stereocenters. The van der Waals surface area contributed by atoms with Crippen LogP contribution in [0.2, 0.25) is 0 Å². The molecule has 0 aromatic carbocycles. The minimum absolute atomic E-state index is 0.296. The molecule has 2 fully saturated rings. The smallest absolute Gasteiger partial charge is 0.106 e. The van der Waals surface area contributed by atoms with Gasteiger partial charge in [-0.25, -0.2) is 4.39 Å². The van der Waals surface area contributed by atoms with Crippen LogP contribution in [0.5, 0.6) is 0 Å². The maximum Gasteiger partial charge on any atom is 0.106 e. The predicted molar refractivity (Wildman–Crippen MR) is 38.3 cm³/mol. The van der Waals surface area contributed by atoms with Crippen molar-refractivity contribution in [3.63, 3.8) is 0 Å². The van der Waals surface area contributed by atoms with Crippen molar-refractivity contribution in [2.75, 3.05) is 0 Å². The van der Waals surface area contributed by atoms with E-state index in [4.69, 9.17) is 5.73 Å². The van der Waals surface area contributed by atoms with E-state index in [-0.39, 0.29) is 0 Å². The molecule has 2 aliphatic carbocycles. The first-order valence-corrected chi connectivity index (χ1v) is 4.17. The lowest BCUT2D eigenvalue weighted by atomic mass is 9.84. The Bertz CT molecular complexity index is 123. The maximum atomic E-state index is 13.2. The minimum Gasteiger partial charge on any atom is -0.328 e. The van der Waals surface area contributed by atoms with Crippen LogP contribution >= 0.6 is 0 Å². The highest BCUT2D eigenvalue weighted by Gasteiger charge is 2.41. The molecule has 2 bridgehead atoms. The summed E-state index contributed by atoms with van der Waals surface area (Å²) in [5, 5.41) is 0. The van der Waals surface area contributed by atoms with Crippen LogP contribution in [-0.2, 0) is 0 Å². The van der Waals surface area contributed by atoms with Crippen molar-refractivity contribution in [1.29, 1.82) is 0 Å². The molecule has 0 aliphatic heterocycles. The molecule has 2 N–H and O–H groups in total. The third-order valence-corrected chi connectivity index (χ3v) is 3.02. The van der Waals surface area contributed by atoms with Gasteiger partial charge in [0.15, 0.2) is 0 Å². The van der Waals surface area contributed by atoms with Gasteiger partial charge in [-0.3, -0.25) is 0 Å². The second-order valence-corrected chi connectivity index (χ2v) is 3.77. The minimum atomic E-state index is -0.514. The highest BCUT2D eigenvalue weighted by Crippen LogP contribution is 2.43. The number of fused-ring (bicyclic) bond motifs is 2. The van der Waals surface area contributed by atoms with Gasteiger partial charge in [0.05, 0.1) is 0 Å². The zero-order valence-corrected chi connectivity index (χ0v) is 6.09. The van der Waals surface area contributed by atoms with E-state index in [1.807, 2.05) is 0 Å². The van der Waals surface area contributed by atoms with Crippen LogP contribution in [0, 0.1) is 11.8 Å². The van der Waals surface area contributed by atoms with Crippen molar-refractivity contribution in [2.45, 2.75) is 37.9 Å². The van der Waals surface area contributed by atoms with Gasteiger partial charge >= 0.3 is 0 Å². The quantitative estimate of drug-likeness (QED) is 0.546. The molecule has 58 valence electrons. The fourth-order valence-electron chi connectivity index (χ4n) is 2.50. The van der Waals surface area contributed by atoms with Crippen LogP contribution in [0.1, 0.15) is 25.7 Å². The maximum absolute atomic E-state index is 13.2. The highest BCUT2D eigenvalue weighted by molar-refractivity contribution is 4.93. The lowest BCUT2D eigenvalue weighted by Crippen LogP contribution is -2.35. The monoisotopic (exact) mass is 143 g/mol. The summed E-state index contributed by atoms with van der Waals surface area (Å²) in [5.74, 6) is 0.627. The number of hydrogen-bond acceptors (Lipinski definition) is 1. The van der Waals surface area contributed by atoms with Gasteiger partial charge in [0, 0.05) is 6.04 Å². The Labute approximate surface area is 60.8 Å². The topological polar surface area (TPSA) is 26.0 Å². The van der Waals surface area contributed by atoms with Crippen molar-refractivity contribution in [2.24, 2.45) is 17.6 Å². The van der Waals surface area contributed by atoms with Gasteiger partial charge in [-0.15, -0.1) is 0 Å². The van der Waals surface area contributed by atoms with Crippen molar-refractivity contribution in [3.8, 4) is 0 Å². The number of nitrogens with two attached hydrogens (primary N) is 1. The summed E-state index contributed by atoms with van der Waals surface area (Å²) in [6, 6.07) is 0.296. The molecule has 0 saturated heterocycles. The second-order valence-electron chi connectivity index (χ2n) is 3.77. The number of halogens is 1. The molecule has 2 heteroatoms. The number of hydrogen-bond donors (Lipinski definition) is 1. The largest absolute Gasteiger partial charge is 0.328 e. The summed E-state index contributed by atoms with van der Waals surface area (Å²) in [6.45, 7) is 0. The molecule has 2 aliphatic rings. The van der Waals surface area contributed by atoms with E-state index in [1.54, 1.807) is 0 Å². The summed E-state index contributed by atoms with van der Waals surface area (Å²) in [5.41, 5.74) is 5.75. The third-order valence-electron chi connectivity index (χ3n) is 3.02. The average Bonchev–Trinajstić information content (AvgIpc) is 2.20. The van der Waals surface area contributed by atoms with Crippen LogP contribution in [0.3, 0.4) is 0 Å². The van der Waals surface area contributed by atoms with Gasteiger partial charge in [-0.2, -0.15) is 0 Å². The Morgan fingerprint density at radius 3 is 2.10 bits per heavy atom. The molecule has 0 amide bonds. The summed E-state index contributed by atoms with van der Waals surface area (Å²) >= 11 is 0. The fourth-order valence-corrected chi connectivity index (χ4v) is 2.50. The Morgan fingerprint density at radius 1 is 1.10 bits per heavy atom. The molecule has 4 atom stereocenters. The van der Waals surface area contributed by atoms with E-state index < -0.39 is 6.17 Å². The van der Waals surface area contributed by atoms with Crippen molar-refractivity contribution >= 4 is 0 Å². The standard InChI is InChI=1S/C8H14FN/c9-8-5-1-2-6(8)4-7(10)3-5/h5-8H,1-4,10H2/t5-,6+,7?,8?. The van der Waals surface area contributed by atoms with Gasteiger partial charge in [0.1, 0.15) is 6.17 Å². The fraction of sp³-hybridized carbons (Fsp3) is 1.00. The lowest BCUT2D eigenvalue weighted by molar-refractivity contribution is 0.143. The van der Waals surface area contributed by atoms with Gasteiger partial charge in [0.25, 0.3) is 0 Å². The first kappa shape index (κ1) is 6.59. The molecule has 0 aromatic heterocycles. The van der Waals surface area contributed by atoms with Crippen molar-refractivity contribution in [3.05, 3.63) is 0 Å². The van der Waals surface area contributed by atoms with E-state index in [9.17, 15) is 4.39 Å². The highest BCUT2D eigenvalue weighted by atomic mass is 19.1. The molecular formula is C8H14FN. The van der Waals surface area contributed by atoms with E-state index in [0.29, 0.717) is 17.9 Å². The lowest BCUT2D eigenvalue weighted by Gasteiger charge is -2.27. The molecule has 2 saturated carbocycles. The Balaban J connectivity index is 2.09. The average molecular weight is 143 g/mol. The SMILES string of the molecule is NC1C[C@H]2CC[C@@H](C1)C2F. The molecule has 2 rings (SSSR count). The van der Waals surface area contributed by atoms with Gasteiger partial charge in [-0.05, 0) is 37.5 Å². The predicted octanol–water partition coefficient (Wildman–Crippen LogP) is 1.47. The van der Waals surface area contributed by atoms with Gasteiger partial charge in [-0.1, -0.05) is 0 Å². The van der Waals surface area contributed by atoms with Crippen LogP contribution < -0.4 is 5.73 Å². The van der Waals surface area contributed by atoms with Crippen LogP contribution in [-0.4, -0.2) is 12.2 Å². The molecule has 1 nitrogen and oxygen atoms in total. The van der Waals surface area contributed by atoms with E-state index in [2.05, 4.69) is 0 Å². The van der Waals surface area contributed by atoms with Crippen LogP contribution in [0.15, 0.2) is 0 Å².